The van der Waals surface area contributed by atoms with Gasteiger partial charge < -0.3 is 0 Å². The van der Waals surface area contributed by atoms with Crippen molar-refractivity contribution >= 4 is 11.9 Å². The van der Waals surface area contributed by atoms with E-state index in [4.69, 9.17) is 0 Å². The summed E-state index contributed by atoms with van der Waals surface area (Å²) in [5.74, 6) is 0.202. The zero-order valence-corrected chi connectivity index (χ0v) is 11.3. The molecule has 0 bridgehead atoms. The summed E-state index contributed by atoms with van der Waals surface area (Å²) in [5, 5.41) is 0. The van der Waals surface area contributed by atoms with Crippen molar-refractivity contribution in [2.45, 2.75) is 20.3 Å². The van der Waals surface area contributed by atoms with Gasteiger partial charge in [-0.15, -0.1) is 0 Å². The van der Waals surface area contributed by atoms with E-state index < -0.39 is 0 Å². The lowest BCUT2D eigenvalue weighted by molar-refractivity contribution is -0.114. The molecule has 98 valence electrons. The molecule has 2 nitrogen and oxygen atoms in total. The number of nitrogens with zero attached hydrogens (tertiary/aromatic N) is 1. The van der Waals surface area contributed by atoms with Crippen molar-refractivity contribution in [2.75, 3.05) is 0 Å². The Bertz CT molecular complexity index is 606. The van der Waals surface area contributed by atoms with Gasteiger partial charge in [0.2, 0.25) is 0 Å². The molecule has 2 aromatic rings. The highest BCUT2D eigenvalue weighted by atomic mass is 16.1. The standard InChI is InChI=1S/C11H10O.C6H7N.H2/c1-8-2-3-9-4-5-11(12)7-10(9)6-8;1-6-2-4-7-5-3-6;/h2-6H,7H2,1H3;2-5H,1H3;1H. The van der Waals surface area contributed by atoms with Gasteiger partial charge >= 0.3 is 0 Å². The van der Waals surface area contributed by atoms with E-state index in [9.17, 15) is 4.79 Å². The smallest absolute Gasteiger partial charge is 0.160 e. The number of pyridine rings is 1. The minimum Gasteiger partial charge on any atom is -0.294 e. The lowest BCUT2D eigenvalue weighted by Gasteiger charge is -2.09. The third-order valence-corrected chi connectivity index (χ3v) is 2.96. The fraction of sp³-hybridized carbons (Fsp3) is 0.176. The largest absolute Gasteiger partial charge is 0.294 e. The Kier molecular flexibility index (Phi) is 4.24. The van der Waals surface area contributed by atoms with Crippen LogP contribution in [-0.2, 0) is 11.2 Å². The van der Waals surface area contributed by atoms with E-state index in [1.807, 2.05) is 32.1 Å². The molecule has 1 aliphatic rings. The van der Waals surface area contributed by atoms with Crippen LogP contribution in [0.15, 0.2) is 48.8 Å². The molecule has 1 heterocycles. The molecule has 0 fully saturated rings. The molecule has 0 spiro atoms. The van der Waals surface area contributed by atoms with Crippen LogP contribution in [0.1, 0.15) is 23.7 Å². The van der Waals surface area contributed by atoms with Gasteiger partial charge in [-0.3, -0.25) is 9.78 Å². The summed E-state index contributed by atoms with van der Waals surface area (Å²) < 4.78 is 0. The molecule has 1 aromatic carbocycles. The minimum atomic E-state index is 0. The first-order valence-electron chi connectivity index (χ1n) is 6.32. The van der Waals surface area contributed by atoms with Crippen LogP contribution in [0, 0.1) is 13.8 Å². The topological polar surface area (TPSA) is 30.0 Å². The van der Waals surface area contributed by atoms with Gasteiger partial charge in [0.1, 0.15) is 0 Å². The first-order valence-corrected chi connectivity index (χ1v) is 6.32. The molecule has 0 saturated heterocycles. The molecule has 0 unspecified atom stereocenters. The van der Waals surface area contributed by atoms with Crippen molar-refractivity contribution in [1.82, 2.24) is 4.98 Å². The maximum Gasteiger partial charge on any atom is 0.160 e. The molecule has 3 rings (SSSR count). The lowest BCUT2D eigenvalue weighted by atomic mass is 9.95. The summed E-state index contributed by atoms with van der Waals surface area (Å²) in [4.78, 5) is 14.9. The number of allylic oxidation sites excluding steroid dienone is 1. The highest BCUT2D eigenvalue weighted by Gasteiger charge is 2.09. The summed E-state index contributed by atoms with van der Waals surface area (Å²) in [6.07, 6.45) is 7.68. The van der Waals surface area contributed by atoms with Gasteiger partial charge in [-0.25, -0.2) is 0 Å². The normalized spacial score (nSPS) is 12.4. The van der Waals surface area contributed by atoms with Gasteiger partial charge in [0.05, 0.1) is 0 Å². The number of hydrogen-bond donors (Lipinski definition) is 0. The summed E-state index contributed by atoms with van der Waals surface area (Å²) in [7, 11) is 0. The SMILES string of the molecule is Cc1ccc2c(c1)CC(=O)C=C2.Cc1ccncc1.[HH]. The van der Waals surface area contributed by atoms with Gasteiger partial charge in [0.15, 0.2) is 5.78 Å². The number of rotatable bonds is 0. The molecule has 0 radical (unpaired) electrons. The van der Waals surface area contributed by atoms with E-state index in [-0.39, 0.29) is 7.21 Å². The lowest BCUT2D eigenvalue weighted by Crippen LogP contribution is -2.05. The van der Waals surface area contributed by atoms with Crippen molar-refractivity contribution in [3.63, 3.8) is 0 Å². The van der Waals surface area contributed by atoms with Gasteiger partial charge in [-0.05, 0) is 48.7 Å². The monoisotopic (exact) mass is 253 g/mol. The second-order valence-electron chi connectivity index (χ2n) is 4.70. The van der Waals surface area contributed by atoms with Gasteiger partial charge in [0, 0.05) is 20.2 Å². The fourth-order valence-corrected chi connectivity index (χ4v) is 1.91. The molecule has 0 aliphatic heterocycles. The highest BCUT2D eigenvalue weighted by molar-refractivity contribution is 5.98. The Labute approximate surface area is 115 Å². The second kappa shape index (κ2) is 6.10. The van der Waals surface area contributed by atoms with Crippen LogP contribution in [0.2, 0.25) is 0 Å². The summed E-state index contributed by atoms with van der Waals surface area (Å²) in [6, 6.07) is 10.2. The average Bonchev–Trinajstić information content (AvgIpc) is 2.40. The molecule has 0 N–H and O–H groups in total. The van der Waals surface area contributed by atoms with Gasteiger partial charge in [-0.1, -0.05) is 29.8 Å². The van der Waals surface area contributed by atoms with E-state index in [2.05, 4.69) is 23.2 Å². The molecule has 0 saturated carbocycles. The quantitative estimate of drug-likeness (QED) is 0.715. The van der Waals surface area contributed by atoms with Crippen LogP contribution >= 0.6 is 0 Å². The second-order valence-corrected chi connectivity index (χ2v) is 4.70. The maximum atomic E-state index is 11.1. The molecular weight excluding hydrogens is 234 g/mol. The molecule has 0 atom stereocenters. The minimum absolute atomic E-state index is 0. The average molecular weight is 253 g/mol. The van der Waals surface area contributed by atoms with Crippen LogP contribution in [0.4, 0.5) is 0 Å². The molecule has 0 amide bonds. The summed E-state index contributed by atoms with van der Waals surface area (Å²) in [5.41, 5.74) is 4.81. The van der Waals surface area contributed by atoms with Gasteiger partial charge in [0.25, 0.3) is 0 Å². The van der Waals surface area contributed by atoms with Crippen molar-refractivity contribution in [3.05, 3.63) is 71.1 Å². The number of carbonyl (C=O) groups excluding carboxylic acids is 1. The van der Waals surface area contributed by atoms with E-state index in [1.165, 1.54) is 16.7 Å². The number of aromatic nitrogens is 1. The first kappa shape index (κ1) is 13.2. The Balaban J connectivity index is 0.000000216. The Hall–Kier alpha value is -2.22. The van der Waals surface area contributed by atoms with Crippen LogP contribution in [-0.4, -0.2) is 10.8 Å². The number of hydrogen-bond acceptors (Lipinski definition) is 2. The van der Waals surface area contributed by atoms with Crippen LogP contribution in [0.3, 0.4) is 0 Å². The predicted octanol–water partition coefficient (Wildman–Crippen LogP) is 3.77. The Morgan fingerprint density at radius 1 is 1.00 bits per heavy atom. The number of benzene rings is 1. The van der Waals surface area contributed by atoms with Crippen LogP contribution < -0.4 is 0 Å². The number of fused-ring (bicyclic) bond motifs is 1. The van der Waals surface area contributed by atoms with E-state index >= 15 is 0 Å². The number of aryl methyl sites for hydroxylation is 2. The molecule has 2 heteroatoms. The van der Waals surface area contributed by atoms with Crippen LogP contribution in [0.25, 0.3) is 6.08 Å². The van der Waals surface area contributed by atoms with Crippen molar-refractivity contribution < 1.29 is 6.22 Å². The molecular formula is C17H19NO. The summed E-state index contributed by atoms with van der Waals surface area (Å²) in [6.45, 7) is 4.09. The van der Waals surface area contributed by atoms with Crippen molar-refractivity contribution in [2.24, 2.45) is 0 Å². The number of carbonyl (C=O) groups is 1. The third-order valence-electron chi connectivity index (χ3n) is 2.96. The zero-order chi connectivity index (χ0) is 13.7. The predicted molar refractivity (Wildman–Crippen MR) is 80.0 cm³/mol. The Morgan fingerprint density at radius 2 is 1.74 bits per heavy atom. The van der Waals surface area contributed by atoms with Gasteiger partial charge in [-0.2, -0.15) is 0 Å². The van der Waals surface area contributed by atoms with E-state index in [1.54, 1.807) is 18.5 Å². The number of ketones is 1. The third kappa shape index (κ3) is 3.88. The molecule has 1 aromatic heterocycles. The van der Waals surface area contributed by atoms with Crippen molar-refractivity contribution in [3.8, 4) is 0 Å². The van der Waals surface area contributed by atoms with Crippen LogP contribution in [0.5, 0.6) is 0 Å². The summed E-state index contributed by atoms with van der Waals surface area (Å²) >= 11 is 0. The van der Waals surface area contributed by atoms with E-state index in [0.29, 0.717) is 6.42 Å². The first-order chi connectivity index (χ1) is 9.15. The van der Waals surface area contributed by atoms with E-state index in [0.717, 1.165) is 5.56 Å². The fourth-order valence-electron chi connectivity index (χ4n) is 1.91. The zero-order valence-electron chi connectivity index (χ0n) is 11.3. The molecule has 19 heavy (non-hydrogen) atoms. The maximum absolute atomic E-state index is 11.1. The highest BCUT2D eigenvalue weighted by Crippen LogP contribution is 2.18. The van der Waals surface area contributed by atoms with Crippen molar-refractivity contribution in [1.29, 1.82) is 0 Å². The Morgan fingerprint density at radius 3 is 2.37 bits per heavy atom. The molecule has 1 aliphatic carbocycles.